The molecular formula is C16H24O. The Kier molecular flexibility index (Phi) is 3.31. The molecule has 1 heteroatoms. The van der Waals surface area contributed by atoms with Crippen LogP contribution in [-0.2, 0) is 5.60 Å². The Morgan fingerprint density at radius 2 is 1.82 bits per heavy atom. The summed E-state index contributed by atoms with van der Waals surface area (Å²) in [5, 5.41) is 11.0. The van der Waals surface area contributed by atoms with Gasteiger partial charge in [0.05, 0.1) is 5.60 Å². The van der Waals surface area contributed by atoms with Crippen LogP contribution in [0.3, 0.4) is 0 Å². The summed E-state index contributed by atoms with van der Waals surface area (Å²) < 4.78 is 0. The molecule has 1 saturated carbocycles. The van der Waals surface area contributed by atoms with E-state index in [1.54, 1.807) is 0 Å². The van der Waals surface area contributed by atoms with Crippen LogP contribution in [0.2, 0.25) is 0 Å². The van der Waals surface area contributed by atoms with Crippen molar-refractivity contribution in [1.29, 1.82) is 0 Å². The van der Waals surface area contributed by atoms with Gasteiger partial charge >= 0.3 is 0 Å². The van der Waals surface area contributed by atoms with Gasteiger partial charge in [0.2, 0.25) is 0 Å². The molecule has 0 aliphatic heterocycles. The van der Waals surface area contributed by atoms with Crippen molar-refractivity contribution in [3.05, 3.63) is 34.9 Å². The molecule has 0 radical (unpaired) electrons. The molecule has 1 aliphatic rings. The quantitative estimate of drug-likeness (QED) is 0.777. The third kappa shape index (κ3) is 2.26. The zero-order valence-corrected chi connectivity index (χ0v) is 11.5. The fraction of sp³-hybridized carbons (Fsp3) is 0.625. The van der Waals surface area contributed by atoms with Crippen LogP contribution in [0.1, 0.15) is 49.8 Å². The van der Waals surface area contributed by atoms with E-state index in [-0.39, 0.29) is 0 Å². The van der Waals surface area contributed by atoms with Crippen molar-refractivity contribution in [2.24, 2.45) is 11.8 Å². The zero-order chi connectivity index (χ0) is 12.6. The molecule has 0 heterocycles. The van der Waals surface area contributed by atoms with Crippen molar-refractivity contribution in [2.75, 3.05) is 0 Å². The number of aryl methyl sites for hydroxylation is 2. The number of rotatable bonds is 1. The molecule has 94 valence electrons. The first kappa shape index (κ1) is 12.6. The van der Waals surface area contributed by atoms with Crippen LogP contribution in [0.4, 0.5) is 0 Å². The lowest BCUT2D eigenvalue weighted by Crippen LogP contribution is -2.39. The van der Waals surface area contributed by atoms with Crippen LogP contribution in [-0.4, -0.2) is 5.11 Å². The summed E-state index contributed by atoms with van der Waals surface area (Å²) in [6, 6.07) is 6.41. The molecule has 1 nitrogen and oxygen atoms in total. The van der Waals surface area contributed by atoms with Crippen LogP contribution in [0.15, 0.2) is 18.2 Å². The average Bonchev–Trinajstić information content (AvgIpc) is 2.28. The predicted octanol–water partition coefficient (Wildman–Crippen LogP) is 3.95. The van der Waals surface area contributed by atoms with Gasteiger partial charge in [0.25, 0.3) is 0 Å². The molecule has 0 spiro atoms. The first-order valence-corrected chi connectivity index (χ1v) is 6.73. The summed E-state index contributed by atoms with van der Waals surface area (Å²) >= 11 is 0. The van der Waals surface area contributed by atoms with Gasteiger partial charge in [0, 0.05) is 0 Å². The van der Waals surface area contributed by atoms with Crippen LogP contribution in [0, 0.1) is 25.7 Å². The minimum absolute atomic E-state index is 0.362. The maximum atomic E-state index is 11.0. The van der Waals surface area contributed by atoms with Crippen LogP contribution >= 0.6 is 0 Å². The van der Waals surface area contributed by atoms with Gasteiger partial charge in [-0.2, -0.15) is 0 Å². The maximum absolute atomic E-state index is 11.0. The molecule has 1 aliphatic carbocycles. The lowest BCUT2D eigenvalue weighted by molar-refractivity contribution is -0.0627. The van der Waals surface area contributed by atoms with Crippen LogP contribution in [0.5, 0.6) is 0 Å². The monoisotopic (exact) mass is 232 g/mol. The van der Waals surface area contributed by atoms with Gasteiger partial charge in [-0.25, -0.2) is 0 Å². The van der Waals surface area contributed by atoms with E-state index in [9.17, 15) is 5.11 Å². The molecule has 3 unspecified atom stereocenters. The molecule has 1 N–H and O–H groups in total. The molecule has 0 bridgehead atoms. The smallest absolute Gasteiger partial charge is 0.0924 e. The second-order valence-corrected chi connectivity index (χ2v) is 6.01. The fourth-order valence-electron chi connectivity index (χ4n) is 3.02. The van der Waals surface area contributed by atoms with Gasteiger partial charge in [0.1, 0.15) is 0 Å². The van der Waals surface area contributed by atoms with Crippen molar-refractivity contribution in [3.8, 4) is 0 Å². The van der Waals surface area contributed by atoms with Crippen molar-refractivity contribution < 1.29 is 5.11 Å². The highest BCUT2D eigenvalue weighted by Crippen LogP contribution is 2.44. The predicted molar refractivity (Wildman–Crippen MR) is 72.0 cm³/mol. The SMILES string of the molecule is Cc1ccc(C2(O)CC(C)CCC2C)cc1C. The van der Waals surface area contributed by atoms with Gasteiger partial charge in [-0.05, 0) is 55.2 Å². The van der Waals surface area contributed by atoms with Gasteiger partial charge < -0.3 is 5.11 Å². The van der Waals surface area contributed by atoms with E-state index >= 15 is 0 Å². The second-order valence-electron chi connectivity index (χ2n) is 6.01. The minimum Gasteiger partial charge on any atom is -0.385 e. The molecule has 1 aromatic carbocycles. The normalized spacial score (nSPS) is 33.7. The fourth-order valence-corrected chi connectivity index (χ4v) is 3.02. The number of hydrogen-bond acceptors (Lipinski definition) is 1. The van der Waals surface area contributed by atoms with Gasteiger partial charge in [-0.15, -0.1) is 0 Å². The first-order valence-electron chi connectivity index (χ1n) is 6.73. The Bertz CT molecular complexity index is 410. The highest BCUT2D eigenvalue weighted by Gasteiger charge is 2.40. The highest BCUT2D eigenvalue weighted by atomic mass is 16.3. The summed E-state index contributed by atoms with van der Waals surface area (Å²) in [6.45, 7) is 8.67. The van der Waals surface area contributed by atoms with Crippen molar-refractivity contribution in [1.82, 2.24) is 0 Å². The van der Waals surface area contributed by atoms with E-state index in [2.05, 4.69) is 45.9 Å². The Balaban J connectivity index is 2.38. The first-order chi connectivity index (χ1) is 7.93. The second kappa shape index (κ2) is 4.45. The van der Waals surface area contributed by atoms with Crippen molar-refractivity contribution in [2.45, 2.75) is 52.6 Å². The van der Waals surface area contributed by atoms with E-state index in [0.29, 0.717) is 11.8 Å². The molecule has 17 heavy (non-hydrogen) atoms. The maximum Gasteiger partial charge on any atom is 0.0924 e. The van der Waals surface area contributed by atoms with Crippen LogP contribution in [0.25, 0.3) is 0 Å². The zero-order valence-electron chi connectivity index (χ0n) is 11.5. The molecule has 1 fully saturated rings. The van der Waals surface area contributed by atoms with Crippen molar-refractivity contribution in [3.63, 3.8) is 0 Å². The van der Waals surface area contributed by atoms with Gasteiger partial charge in [-0.3, -0.25) is 0 Å². The molecule has 1 aromatic rings. The van der Waals surface area contributed by atoms with Crippen LogP contribution < -0.4 is 0 Å². The largest absolute Gasteiger partial charge is 0.385 e. The average molecular weight is 232 g/mol. The lowest BCUT2D eigenvalue weighted by atomic mass is 9.68. The Hall–Kier alpha value is -0.820. The highest BCUT2D eigenvalue weighted by molar-refractivity contribution is 5.34. The van der Waals surface area contributed by atoms with E-state index in [0.717, 1.165) is 18.4 Å². The van der Waals surface area contributed by atoms with E-state index in [1.807, 2.05) is 0 Å². The van der Waals surface area contributed by atoms with E-state index in [4.69, 9.17) is 0 Å². The molecular weight excluding hydrogens is 208 g/mol. The molecule has 0 saturated heterocycles. The minimum atomic E-state index is -0.615. The third-order valence-corrected chi connectivity index (χ3v) is 4.57. The summed E-state index contributed by atoms with van der Waals surface area (Å²) in [5.41, 5.74) is 3.07. The standard InChI is InChI=1S/C16H24O/c1-11-5-7-14(4)16(17,10-11)15-8-6-12(2)13(3)9-15/h6,8-9,11,14,17H,5,7,10H2,1-4H3. The Morgan fingerprint density at radius 1 is 1.12 bits per heavy atom. The summed E-state index contributed by atoms with van der Waals surface area (Å²) in [7, 11) is 0. The Morgan fingerprint density at radius 3 is 2.47 bits per heavy atom. The van der Waals surface area contributed by atoms with E-state index in [1.165, 1.54) is 17.5 Å². The summed E-state index contributed by atoms with van der Waals surface area (Å²) in [5.74, 6) is 0.985. The third-order valence-electron chi connectivity index (χ3n) is 4.57. The van der Waals surface area contributed by atoms with Crippen molar-refractivity contribution >= 4 is 0 Å². The van der Waals surface area contributed by atoms with Gasteiger partial charge in [-0.1, -0.05) is 38.5 Å². The van der Waals surface area contributed by atoms with E-state index < -0.39 is 5.60 Å². The number of benzene rings is 1. The Labute approximate surface area is 105 Å². The molecule has 0 amide bonds. The number of aliphatic hydroxyl groups is 1. The molecule has 2 rings (SSSR count). The van der Waals surface area contributed by atoms with Gasteiger partial charge in [0.15, 0.2) is 0 Å². The molecule has 3 atom stereocenters. The lowest BCUT2D eigenvalue weighted by Gasteiger charge is -2.41. The molecule has 0 aromatic heterocycles. The summed E-state index contributed by atoms with van der Waals surface area (Å²) in [6.07, 6.45) is 3.27. The summed E-state index contributed by atoms with van der Waals surface area (Å²) in [4.78, 5) is 0. The number of hydrogen-bond donors (Lipinski definition) is 1. The topological polar surface area (TPSA) is 20.2 Å².